The van der Waals surface area contributed by atoms with Crippen LogP contribution in [0.4, 0.5) is 0 Å². The molecule has 2 aliphatic heterocycles. The van der Waals surface area contributed by atoms with E-state index in [1.54, 1.807) is 26.0 Å². The van der Waals surface area contributed by atoms with E-state index in [1.165, 1.54) is 0 Å². The molecule has 8 nitrogen and oxygen atoms in total. The maximum atomic E-state index is 13.7. The number of hydrogen-bond acceptors (Lipinski definition) is 7. The molecule has 0 spiro atoms. The summed E-state index contributed by atoms with van der Waals surface area (Å²) >= 11 is 7.71. The molecule has 1 atom stereocenters. The second kappa shape index (κ2) is 11.0. The number of nitrogens with one attached hydrogen (secondary N) is 1. The topological polar surface area (TPSA) is 81.8 Å². The van der Waals surface area contributed by atoms with Gasteiger partial charge in [0.25, 0.3) is 5.91 Å². The Bertz CT molecular complexity index is 1310. The van der Waals surface area contributed by atoms with Gasteiger partial charge in [-0.1, -0.05) is 22.8 Å². The number of allylic oxidation sites excluding steroid dienone is 1. The maximum Gasteiger partial charge on any atom is 0.268 e. The molecular weight excluding hydrogens is 512 g/mol. The number of carbonyl (C=O) groups excluding carboxylic acids is 1. The van der Waals surface area contributed by atoms with Gasteiger partial charge < -0.3 is 28.8 Å². The number of thioether (sulfide) groups is 1. The van der Waals surface area contributed by atoms with Crippen LogP contribution in [0, 0.1) is 0 Å². The largest absolute Gasteiger partial charge is 0.496 e. The highest BCUT2D eigenvalue weighted by molar-refractivity contribution is 8.05. The SMILES string of the molecule is COc1ccc(OC)c2c1cc(C(=O)NC1CCN(C(C)C)CC1)n2Cc1cc(C2CC=C(Cl)S2)on1. The zero-order valence-electron chi connectivity index (χ0n) is 21.6. The molecule has 0 radical (unpaired) electrons. The van der Waals surface area contributed by atoms with Gasteiger partial charge in [0, 0.05) is 36.6 Å². The van der Waals surface area contributed by atoms with Crippen LogP contribution in [0.2, 0.25) is 0 Å². The van der Waals surface area contributed by atoms with Crippen molar-refractivity contribution in [2.45, 2.75) is 57.0 Å². The fraction of sp³-hybridized carbons (Fsp3) is 0.481. The van der Waals surface area contributed by atoms with Gasteiger partial charge in [-0.05, 0) is 51.3 Å². The third kappa shape index (κ3) is 5.35. The summed E-state index contributed by atoms with van der Waals surface area (Å²) in [5.74, 6) is 1.99. The van der Waals surface area contributed by atoms with E-state index in [4.69, 9.17) is 25.6 Å². The van der Waals surface area contributed by atoms with E-state index in [0.29, 0.717) is 29.8 Å². The van der Waals surface area contributed by atoms with E-state index in [1.807, 2.05) is 34.9 Å². The Kier molecular flexibility index (Phi) is 7.74. The van der Waals surface area contributed by atoms with Crippen LogP contribution in [0.1, 0.15) is 60.3 Å². The molecule has 37 heavy (non-hydrogen) atoms. The molecule has 1 aromatic carbocycles. The molecule has 1 saturated heterocycles. The van der Waals surface area contributed by atoms with Gasteiger partial charge in [0.2, 0.25) is 0 Å². The normalized spacial score (nSPS) is 19.0. The number of fused-ring (bicyclic) bond motifs is 1. The molecule has 5 rings (SSSR count). The first-order chi connectivity index (χ1) is 17.9. The van der Waals surface area contributed by atoms with Crippen molar-refractivity contribution in [1.29, 1.82) is 0 Å². The maximum absolute atomic E-state index is 13.7. The van der Waals surface area contributed by atoms with Crippen LogP contribution in [0.5, 0.6) is 11.5 Å². The summed E-state index contributed by atoms with van der Waals surface area (Å²) in [5.41, 5.74) is 2.04. The lowest BCUT2D eigenvalue weighted by Crippen LogP contribution is -2.46. The number of nitrogens with zero attached hydrogens (tertiary/aromatic N) is 3. The smallest absolute Gasteiger partial charge is 0.268 e. The molecule has 1 unspecified atom stereocenters. The van der Waals surface area contributed by atoms with Crippen molar-refractivity contribution in [2.75, 3.05) is 27.3 Å². The van der Waals surface area contributed by atoms with Crippen molar-refractivity contribution in [3.63, 3.8) is 0 Å². The minimum absolute atomic E-state index is 0.115. The van der Waals surface area contributed by atoms with Crippen molar-refractivity contribution in [3.8, 4) is 11.5 Å². The van der Waals surface area contributed by atoms with Crippen LogP contribution in [0.25, 0.3) is 10.9 Å². The lowest BCUT2D eigenvalue weighted by Gasteiger charge is -2.34. The molecule has 2 aromatic heterocycles. The number of piperidine rings is 1. The van der Waals surface area contributed by atoms with E-state index in [0.717, 1.165) is 59.1 Å². The Labute approximate surface area is 226 Å². The van der Waals surface area contributed by atoms with E-state index in [-0.39, 0.29) is 17.2 Å². The number of ether oxygens (including phenoxy) is 2. The highest BCUT2D eigenvalue weighted by Crippen LogP contribution is 2.45. The van der Waals surface area contributed by atoms with Gasteiger partial charge in [-0.3, -0.25) is 4.79 Å². The van der Waals surface area contributed by atoms with Gasteiger partial charge in [0.05, 0.1) is 35.9 Å². The summed E-state index contributed by atoms with van der Waals surface area (Å²) in [4.78, 5) is 16.1. The predicted molar refractivity (Wildman–Crippen MR) is 147 cm³/mol. The molecule has 1 N–H and O–H groups in total. The molecule has 0 aliphatic carbocycles. The van der Waals surface area contributed by atoms with Gasteiger partial charge in [-0.25, -0.2) is 0 Å². The number of amides is 1. The summed E-state index contributed by atoms with van der Waals surface area (Å²) in [5, 5.41) is 8.52. The number of aromatic nitrogens is 2. The number of hydrogen-bond donors (Lipinski definition) is 1. The number of rotatable bonds is 8. The predicted octanol–water partition coefficient (Wildman–Crippen LogP) is 5.56. The highest BCUT2D eigenvalue weighted by atomic mass is 35.5. The second-order valence-electron chi connectivity index (χ2n) is 9.80. The standard InChI is InChI=1S/C27H33ClN4O4S/c1-16(2)31-11-9-17(10-12-31)29-27(33)20-14-19-21(34-3)5-6-22(35-4)26(19)32(20)15-18-13-23(36-30-18)24-7-8-25(28)37-24/h5-6,8,13-14,16-17,24H,7,9-12,15H2,1-4H3,(H,29,33). The minimum Gasteiger partial charge on any atom is -0.496 e. The van der Waals surface area contributed by atoms with Crippen LogP contribution in [-0.4, -0.2) is 59.9 Å². The Morgan fingerprint density at radius 1 is 1.22 bits per heavy atom. The number of likely N-dealkylation sites (tertiary alicyclic amines) is 1. The quantitative estimate of drug-likeness (QED) is 0.398. The van der Waals surface area contributed by atoms with Crippen molar-refractivity contribution in [3.05, 3.63) is 51.9 Å². The second-order valence-corrected chi connectivity index (χ2v) is 11.7. The van der Waals surface area contributed by atoms with E-state index in [2.05, 4.69) is 29.2 Å². The number of halogens is 1. The minimum atomic E-state index is -0.116. The van der Waals surface area contributed by atoms with Gasteiger partial charge in [0.15, 0.2) is 5.76 Å². The molecule has 4 heterocycles. The number of methoxy groups -OCH3 is 2. The average molecular weight is 545 g/mol. The average Bonchev–Trinajstić information content (AvgIpc) is 3.63. The molecule has 198 valence electrons. The van der Waals surface area contributed by atoms with Gasteiger partial charge in [0.1, 0.15) is 22.9 Å². The zero-order valence-corrected chi connectivity index (χ0v) is 23.2. The summed E-state index contributed by atoms with van der Waals surface area (Å²) < 4.78 is 19.7. The Hall–Kier alpha value is -2.62. The van der Waals surface area contributed by atoms with Crippen molar-refractivity contribution < 1.29 is 18.8 Å². The van der Waals surface area contributed by atoms with Gasteiger partial charge in [-0.2, -0.15) is 0 Å². The Morgan fingerprint density at radius 3 is 2.59 bits per heavy atom. The van der Waals surface area contributed by atoms with E-state index >= 15 is 0 Å². The molecule has 1 amide bonds. The highest BCUT2D eigenvalue weighted by Gasteiger charge is 2.27. The van der Waals surface area contributed by atoms with E-state index < -0.39 is 0 Å². The number of carbonyl (C=O) groups is 1. The van der Waals surface area contributed by atoms with Crippen LogP contribution in [0.3, 0.4) is 0 Å². The van der Waals surface area contributed by atoms with Crippen LogP contribution < -0.4 is 14.8 Å². The molecule has 3 aromatic rings. The van der Waals surface area contributed by atoms with E-state index in [9.17, 15) is 4.79 Å². The van der Waals surface area contributed by atoms with Crippen LogP contribution in [-0.2, 0) is 6.54 Å². The summed E-state index contributed by atoms with van der Waals surface area (Å²) in [7, 11) is 3.26. The monoisotopic (exact) mass is 544 g/mol. The summed E-state index contributed by atoms with van der Waals surface area (Å²) in [6.07, 6.45) is 4.65. The molecule has 1 fully saturated rings. The fourth-order valence-corrected chi connectivity index (χ4v) is 6.46. The summed E-state index contributed by atoms with van der Waals surface area (Å²) in [6.45, 7) is 6.73. The first-order valence-electron chi connectivity index (χ1n) is 12.6. The lowest BCUT2D eigenvalue weighted by molar-refractivity contribution is 0.0892. The van der Waals surface area contributed by atoms with Crippen molar-refractivity contribution in [2.24, 2.45) is 0 Å². The third-order valence-corrected chi connectivity index (χ3v) is 8.73. The molecule has 0 bridgehead atoms. The Morgan fingerprint density at radius 2 is 1.95 bits per heavy atom. The van der Waals surface area contributed by atoms with Crippen molar-refractivity contribution in [1.82, 2.24) is 19.9 Å². The van der Waals surface area contributed by atoms with Gasteiger partial charge >= 0.3 is 0 Å². The lowest BCUT2D eigenvalue weighted by atomic mass is 10.0. The van der Waals surface area contributed by atoms with Crippen LogP contribution >= 0.6 is 23.4 Å². The molecule has 10 heteroatoms. The third-order valence-electron chi connectivity index (χ3n) is 7.21. The van der Waals surface area contributed by atoms with Gasteiger partial charge in [-0.15, -0.1) is 11.8 Å². The van der Waals surface area contributed by atoms with Crippen LogP contribution in [0.15, 0.2) is 39.2 Å². The Balaban J connectivity index is 1.46. The number of benzene rings is 1. The summed E-state index contributed by atoms with van der Waals surface area (Å²) in [6, 6.07) is 8.19. The molecule has 0 saturated carbocycles. The first-order valence-corrected chi connectivity index (χ1v) is 13.9. The molecular formula is C27H33ClN4O4S. The fourth-order valence-electron chi connectivity index (χ4n) is 5.16. The zero-order chi connectivity index (χ0) is 26.1. The first kappa shape index (κ1) is 26.0. The molecule has 2 aliphatic rings. The van der Waals surface area contributed by atoms with Crippen molar-refractivity contribution >= 4 is 40.2 Å².